The molecule has 0 amide bonds. The molecule has 56 heavy (non-hydrogen) atoms. The van der Waals surface area contributed by atoms with Crippen molar-refractivity contribution in [3.05, 3.63) is 206 Å². The SMILES string of the molecule is c1ccc(-n2c3ccccc3c3cc(-c4ccc5c(c4)c4ccccc4n5-c4cccc(-c5ccc6c(ccc7c8ccccc8ccc67)c5)c4)ccc32)cc1. The quantitative estimate of drug-likeness (QED) is 0.161. The largest absolute Gasteiger partial charge is 0.309 e. The summed E-state index contributed by atoms with van der Waals surface area (Å²) in [5.74, 6) is 0. The molecule has 2 nitrogen and oxygen atoms in total. The van der Waals surface area contributed by atoms with Crippen LogP contribution in [0.4, 0.5) is 0 Å². The van der Waals surface area contributed by atoms with Crippen molar-refractivity contribution in [3.8, 4) is 33.6 Å². The van der Waals surface area contributed by atoms with Crippen molar-refractivity contribution in [2.75, 3.05) is 0 Å². The number of benzene rings is 10. The highest BCUT2D eigenvalue weighted by molar-refractivity contribution is 6.18. The number of fused-ring (bicyclic) bond motifs is 11. The molecular weight excluding hydrogens is 677 g/mol. The van der Waals surface area contributed by atoms with Crippen LogP contribution in [-0.2, 0) is 0 Å². The standard InChI is InChI=1S/C54H34N2/c1-2-13-41(14-3-1)55-51-19-8-6-17-47(51)49-33-38(24-29-53(49)55)39-25-30-54-50(34-39)48-18-7-9-20-52(48)56(54)42-15-10-12-36(32-42)37-22-26-44-40(31-37)23-28-45-43-16-5-4-11-35(43)21-27-46(44)45/h1-34H. The summed E-state index contributed by atoms with van der Waals surface area (Å²) in [7, 11) is 0. The molecule has 2 aromatic heterocycles. The maximum absolute atomic E-state index is 2.42. The van der Waals surface area contributed by atoms with Crippen molar-refractivity contribution in [2.45, 2.75) is 0 Å². The normalized spacial score (nSPS) is 11.9. The Morgan fingerprint density at radius 2 is 0.679 bits per heavy atom. The van der Waals surface area contributed by atoms with Gasteiger partial charge in [-0.15, -0.1) is 0 Å². The van der Waals surface area contributed by atoms with E-state index in [4.69, 9.17) is 0 Å². The second-order valence-electron chi connectivity index (χ2n) is 14.9. The maximum atomic E-state index is 2.42. The van der Waals surface area contributed by atoms with Gasteiger partial charge in [-0.25, -0.2) is 0 Å². The molecule has 12 aromatic rings. The van der Waals surface area contributed by atoms with Gasteiger partial charge in [0.25, 0.3) is 0 Å². The number of aromatic nitrogens is 2. The molecule has 0 spiro atoms. The van der Waals surface area contributed by atoms with Crippen LogP contribution in [0.15, 0.2) is 206 Å². The topological polar surface area (TPSA) is 9.86 Å². The smallest absolute Gasteiger partial charge is 0.0541 e. The van der Waals surface area contributed by atoms with Crippen LogP contribution in [0.5, 0.6) is 0 Å². The third kappa shape index (κ3) is 4.63. The van der Waals surface area contributed by atoms with Gasteiger partial charge in [0, 0.05) is 32.9 Å². The van der Waals surface area contributed by atoms with E-state index in [0.29, 0.717) is 0 Å². The minimum absolute atomic E-state index is 1.15. The average Bonchev–Trinajstić information content (AvgIpc) is 3.78. The minimum Gasteiger partial charge on any atom is -0.309 e. The summed E-state index contributed by atoms with van der Waals surface area (Å²) in [5.41, 5.74) is 12.0. The first-order chi connectivity index (χ1) is 27.8. The van der Waals surface area contributed by atoms with Gasteiger partial charge >= 0.3 is 0 Å². The minimum atomic E-state index is 1.15. The molecular formula is C54H34N2. The first-order valence-corrected chi connectivity index (χ1v) is 19.3. The Morgan fingerprint density at radius 3 is 1.38 bits per heavy atom. The van der Waals surface area contributed by atoms with E-state index in [2.05, 4.69) is 215 Å². The van der Waals surface area contributed by atoms with Gasteiger partial charge in [-0.3, -0.25) is 0 Å². The van der Waals surface area contributed by atoms with E-state index in [-0.39, 0.29) is 0 Å². The lowest BCUT2D eigenvalue weighted by Crippen LogP contribution is -1.94. The number of nitrogens with zero attached hydrogens (tertiary/aromatic N) is 2. The van der Waals surface area contributed by atoms with E-state index >= 15 is 0 Å². The van der Waals surface area contributed by atoms with Crippen LogP contribution >= 0.6 is 0 Å². The Balaban J connectivity index is 0.972. The van der Waals surface area contributed by atoms with Crippen LogP contribution in [0.25, 0.3) is 110 Å². The predicted molar refractivity (Wildman–Crippen MR) is 239 cm³/mol. The molecule has 0 unspecified atom stereocenters. The highest BCUT2D eigenvalue weighted by atomic mass is 15.0. The van der Waals surface area contributed by atoms with Gasteiger partial charge in [-0.05, 0) is 121 Å². The van der Waals surface area contributed by atoms with Crippen molar-refractivity contribution in [1.82, 2.24) is 9.13 Å². The molecule has 2 heterocycles. The predicted octanol–water partition coefficient (Wildman–Crippen LogP) is 14.7. The van der Waals surface area contributed by atoms with E-state index < -0.39 is 0 Å². The molecule has 0 bridgehead atoms. The zero-order valence-electron chi connectivity index (χ0n) is 30.5. The van der Waals surface area contributed by atoms with E-state index in [1.54, 1.807) is 0 Å². The van der Waals surface area contributed by atoms with Gasteiger partial charge < -0.3 is 9.13 Å². The van der Waals surface area contributed by atoms with Crippen LogP contribution in [0, 0.1) is 0 Å². The number of hydrogen-bond acceptors (Lipinski definition) is 0. The molecule has 0 aliphatic carbocycles. The van der Waals surface area contributed by atoms with Crippen LogP contribution in [-0.4, -0.2) is 9.13 Å². The summed E-state index contributed by atoms with van der Waals surface area (Å²) in [4.78, 5) is 0. The lowest BCUT2D eigenvalue weighted by molar-refractivity contribution is 1.18. The summed E-state index contributed by atoms with van der Waals surface area (Å²) in [6.45, 7) is 0. The lowest BCUT2D eigenvalue weighted by atomic mass is 9.95. The Hall–Kier alpha value is -7.42. The summed E-state index contributed by atoms with van der Waals surface area (Å²) < 4.78 is 4.80. The summed E-state index contributed by atoms with van der Waals surface area (Å²) in [6.07, 6.45) is 0. The van der Waals surface area contributed by atoms with Gasteiger partial charge in [-0.1, -0.05) is 140 Å². The fraction of sp³-hybridized carbons (Fsp3) is 0. The Morgan fingerprint density at radius 1 is 0.214 bits per heavy atom. The van der Waals surface area contributed by atoms with E-state index in [9.17, 15) is 0 Å². The highest BCUT2D eigenvalue weighted by Crippen LogP contribution is 2.39. The van der Waals surface area contributed by atoms with Crippen molar-refractivity contribution < 1.29 is 0 Å². The van der Waals surface area contributed by atoms with E-state index in [1.807, 2.05) is 0 Å². The van der Waals surface area contributed by atoms with E-state index in [1.165, 1.54) is 104 Å². The summed E-state index contributed by atoms with van der Waals surface area (Å²) >= 11 is 0. The van der Waals surface area contributed by atoms with Crippen LogP contribution in [0.3, 0.4) is 0 Å². The van der Waals surface area contributed by atoms with Crippen molar-refractivity contribution in [3.63, 3.8) is 0 Å². The second kappa shape index (κ2) is 12.0. The van der Waals surface area contributed by atoms with Gasteiger partial charge in [0.2, 0.25) is 0 Å². The van der Waals surface area contributed by atoms with Crippen LogP contribution in [0.2, 0.25) is 0 Å². The average molecular weight is 711 g/mol. The summed E-state index contributed by atoms with van der Waals surface area (Å²) in [5, 5.41) is 12.7. The molecule has 0 aliphatic rings. The number of hydrogen-bond donors (Lipinski definition) is 0. The van der Waals surface area contributed by atoms with Crippen molar-refractivity contribution in [1.29, 1.82) is 0 Å². The van der Waals surface area contributed by atoms with E-state index in [0.717, 1.165) is 5.69 Å². The molecule has 0 saturated heterocycles. The Kier molecular flexibility index (Phi) is 6.66. The fourth-order valence-corrected chi connectivity index (χ4v) is 9.27. The number of rotatable bonds is 4. The molecule has 10 aromatic carbocycles. The Labute approximate surface area is 323 Å². The van der Waals surface area contributed by atoms with Gasteiger partial charge in [0.15, 0.2) is 0 Å². The zero-order chi connectivity index (χ0) is 36.7. The zero-order valence-corrected chi connectivity index (χ0v) is 30.5. The van der Waals surface area contributed by atoms with Gasteiger partial charge in [0.1, 0.15) is 0 Å². The molecule has 0 fully saturated rings. The first kappa shape index (κ1) is 31.0. The van der Waals surface area contributed by atoms with Crippen LogP contribution in [0.1, 0.15) is 0 Å². The lowest BCUT2D eigenvalue weighted by Gasteiger charge is -2.12. The molecule has 0 saturated carbocycles. The van der Waals surface area contributed by atoms with Gasteiger partial charge in [0.05, 0.1) is 22.1 Å². The molecule has 0 radical (unpaired) electrons. The first-order valence-electron chi connectivity index (χ1n) is 19.3. The van der Waals surface area contributed by atoms with Crippen molar-refractivity contribution in [2.24, 2.45) is 0 Å². The molecule has 260 valence electrons. The summed E-state index contributed by atoms with van der Waals surface area (Å²) in [6, 6.07) is 75.8. The maximum Gasteiger partial charge on any atom is 0.0541 e. The monoisotopic (exact) mass is 710 g/mol. The van der Waals surface area contributed by atoms with Crippen molar-refractivity contribution >= 4 is 75.9 Å². The fourth-order valence-electron chi connectivity index (χ4n) is 9.27. The van der Waals surface area contributed by atoms with Gasteiger partial charge in [-0.2, -0.15) is 0 Å². The number of para-hydroxylation sites is 3. The second-order valence-corrected chi connectivity index (χ2v) is 14.9. The molecule has 0 N–H and O–H groups in total. The van der Waals surface area contributed by atoms with Crippen LogP contribution < -0.4 is 0 Å². The Bertz CT molecular complexity index is 3530. The third-order valence-electron chi connectivity index (χ3n) is 11.9. The molecule has 12 rings (SSSR count). The third-order valence-corrected chi connectivity index (χ3v) is 11.9. The molecule has 0 aliphatic heterocycles. The molecule has 2 heteroatoms. The molecule has 0 atom stereocenters. The highest BCUT2D eigenvalue weighted by Gasteiger charge is 2.17.